The Labute approximate surface area is 169 Å². The number of ether oxygens (including phenoxy) is 1. The molecule has 3 heterocycles. The molecule has 6 nitrogen and oxygen atoms in total. The molecule has 6 heteroatoms. The van der Waals surface area contributed by atoms with Crippen molar-refractivity contribution in [2.45, 2.75) is 18.9 Å². The number of aromatic nitrogens is 4. The van der Waals surface area contributed by atoms with Crippen molar-refractivity contribution in [3.8, 4) is 22.8 Å². The van der Waals surface area contributed by atoms with Crippen LogP contribution in [0.2, 0.25) is 0 Å². The zero-order valence-corrected chi connectivity index (χ0v) is 16.4. The van der Waals surface area contributed by atoms with Crippen LogP contribution in [0.1, 0.15) is 18.9 Å². The minimum atomic E-state index is 0.334. The lowest BCUT2D eigenvalue weighted by Crippen LogP contribution is -2.34. The number of hydrogen-bond donors (Lipinski definition) is 0. The van der Waals surface area contributed by atoms with Crippen LogP contribution < -0.4 is 4.74 Å². The van der Waals surface area contributed by atoms with Gasteiger partial charge in [-0.1, -0.05) is 18.2 Å². The van der Waals surface area contributed by atoms with Gasteiger partial charge in [-0.25, -0.2) is 14.6 Å². The van der Waals surface area contributed by atoms with E-state index in [9.17, 15) is 0 Å². The van der Waals surface area contributed by atoms with Crippen molar-refractivity contribution >= 4 is 11.0 Å². The summed E-state index contributed by atoms with van der Waals surface area (Å²) in [6.07, 6.45) is 5.76. The first kappa shape index (κ1) is 17.8. The smallest absolute Gasteiger partial charge is 0.162 e. The summed E-state index contributed by atoms with van der Waals surface area (Å²) in [5.74, 6) is 1.62. The second-order valence-corrected chi connectivity index (χ2v) is 7.55. The van der Waals surface area contributed by atoms with Gasteiger partial charge in [-0.05, 0) is 62.8 Å². The molecule has 2 aromatic heterocycles. The highest BCUT2D eigenvalue weighted by Crippen LogP contribution is 2.32. The number of para-hydroxylation sites is 1. The quantitative estimate of drug-likeness (QED) is 0.516. The van der Waals surface area contributed by atoms with Crippen molar-refractivity contribution in [2.75, 3.05) is 20.1 Å². The van der Waals surface area contributed by atoms with E-state index < -0.39 is 0 Å². The van der Waals surface area contributed by atoms with E-state index in [1.807, 2.05) is 60.8 Å². The summed E-state index contributed by atoms with van der Waals surface area (Å²) in [5.41, 5.74) is 2.85. The summed E-state index contributed by atoms with van der Waals surface area (Å²) in [6.45, 7) is 2.13. The molecule has 0 spiro atoms. The van der Waals surface area contributed by atoms with Gasteiger partial charge < -0.3 is 9.64 Å². The topological polar surface area (TPSA) is 56.1 Å². The van der Waals surface area contributed by atoms with E-state index in [0.29, 0.717) is 6.04 Å². The predicted molar refractivity (Wildman–Crippen MR) is 113 cm³/mol. The first-order valence-corrected chi connectivity index (χ1v) is 9.98. The molecule has 1 atom stereocenters. The predicted octanol–water partition coefficient (Wildman–Crippen LogP) is 4.55. The minimum absolute atomic E-state index is 0.334. The number of nitrogens with zero attached hydrogens (tertiary/aromatic N) is 5. The molecule has 1 fully saturated rings. The molecular weight excluding hydrogens is 362 g/mol. The van der Waals surface area contributed by atoms with Crippen molar-refractivity contribution in [1.82, 2.24) is 24.6 Å². The Balaban J connectivity index is 1.48. The average Bonchev–Trinajstić information content (AvgIpc) is 3.15. The Morgan fingerprint density at radius 3 is 2.59 bits per heavy atom. The van der Waals surface area contributed by atoms with Gasteiger partial charge in [-0.2, -0.15) is 5.10 Å². The first-order chi connectivity index (χ1) is 14.3. The summed E-state index contributed by atoms with van der Waals surface area (Å²) >= 11 is 0. The lowest BCUT2D eigenvalue weighted by molar-refractivity contribution is 0.205. The molecule has 4 aromatic rings. The van der Waals surface area contributed by atoms with Gasteiger partial charge in [-0.3, -0.25) is 0 Å². The van der Waals surface area contributed by atoms with E-state index in [1.165, 1.54) is 6.42 Å². The molecule has 1 saturated heterocycles. The number of piperidine rings is 1. The van der Waals surface area contributed by atoms with Crippen LogP contribution in [-0.2, 0) is 0 Å². The van der Waals surface area contributed by atoms with Crippen molar-refractivity contribution in [3.63, 3.8) is 0 Å². The lowest BCUT2D eigenvalue weighted by atomic mass is 10.1. The van der Waals surface area contributed by atoms with Crippen LogP contribution in [0, 0.1) is 0 Å². The number of benzene rings is 2. The Hall–Kier alpha value is -3.25. The van der Waals surface area contributed by atoms with Crippen LogP contribution in [-0.4, -0.2) is 44.8 Å². The van der Waals surface area contributed by atoms with Gasteiger partial charge in [0, 0.05) is 18.3 Å². The van der Waals surface area contributed by atoms with Crippen LogP contribution in [0.25, 0.3) is 22.3 Å². The van der Waals surface area contributed by atoms with Crippen LogP contribution in [0.4, 0.5) is 0 Å². The molecule has 146 valence electrons. The Morgan fingerprint density at radius 2 is 1.79 bits per heavy atom. The third-order valence-corrected chi connectivity index (χ3v) is 5.42. The molecule has 0 N–H and O–H groups in total. The van der Waals surface area contributed by atoms with Gasteiger partial charge in [0.25, 0.3) is 0 Å². The number of fused-ring (bicyclic) bond motifs is 1. The second kappa shape index (κ2) is 7.64. The molecule has 0 aliphatic carbocycles. The fraction of sp³-hybridized carbons (Fsp3) is 0.261. The highest BCUT2D eigenvalue weighted by atomic mass is 16.5. The molecule has 0 radical (unpaired) electrons. The maximum Gasteiger partial charge on any atom is 0.162 e. The summed E-state index contributed by atoms with van der Waals surface area (Å²) in [7, 11) is 2.17. The third kappa shape index (κ3) is 3.59. The van der Waals surface area contributed by atoms with Crippen LogP contribution in [0.15, 0.2) is 67.1 Å². The normalized spacial score (nSPS) is 17.5. The van der Waals surface area contributed by atoms with Gasteiger partial charge in [0.1, 0.15) is 23.5 Å². The van der Waals surface area contributed by atoms with Gasteiger partial charge >= 0.3 is 0 Å². The molecule has 0 saturated carbocycles. The minimum Gasteiger partial charge on any atom is -0.457 e. The van der Waals surface area contributed by atoms with Crippen LogP contribution in [0.5, 0.6) is 11.5 Å². The zero-order valence-electron chi connectivity index (χ0n) is 16.4. The van der Waals surface area contributed by atoms with E-state index >= 15 is 0 Å². The molecule has 0 amide bonds. The number of likely N-dealkylation sites (N-methyl/N-ethyl adjacent to an activating group) is 1. The standard InChI is InChI=1S/C23H23N5O/c1-27-13-5-6-18(15-27)28-23-21(14-24-16-25-23)22(26-28)17-9-11-20(12-10-17)29-19-7-3-2-4-8-19/h2-4,7-12,14,16,18H,5-6,13,15H2,1H3. The maximum absolute atomic E-state index is 5.91. The fourth-order valence-corrected chi connectivity index (χ4v) is 3.99. The second-order valence-electron chi connectivity index (χ2n) is 7.55. The molecular formula is C23H23N5O. The zero-order chi connectivity index (χ0) is 19.6. The van der Waals surface area contributed by atoms with Crippen molar-refractivity contribution in [3.05, 3.63) is 67.1 Å². The van der Waals surface area contributed by atoms with Gasteiger partial charge in [0.05, 0.1) is 11.4 Å². The summed E-state index contributed by atoms with van der Waals surface area (Å²) < 4.78 is 8.01. The Kier molecular flexibility index (Phi) is 4.69. The van der Waals surface area contributed by atoms with Crippen LogP contribution in [0.3, 0.4) is 0 Å². The number of rotatable bonds is 4. The maximum atomic E-state index is 5.91. The van der Waals surface area contributed by atoms with Crippen molar-refractivity contribution < 1.29 is 4.74 Å². The van der Waals surface area contributed by atoms with Crippen molar-refractivity contribution in [2.24, 2.45) is 0 Å². The monoisotopic (exact) mass is 385 g/mol. The van der Waals surface area contributed by atoms with Gasteiger partial charge in [0.2, 0.25) is 0 Å². The molecule has 0 bridgehead atoms. The number of likely N-dealkylation sites (tertiary alicyclic amines) is 1. The van der Waals surface area contributed by atoms with Crippen LogP contribution >= 0.6 is 0 Å². The van der Waals surface area contributed by atoms with Crippen molar-refractivity contribution in [1.29, 1.82) is 0 Å². The summed E-state index contributed by atoms with van der Waals surface area (Å²) in [4.78, 5) is 11.2. The van der Waals surface area contributed by atoms with E-state index in [-0.39, 0.29) is 0 Å². The summed E-state index contributed by atoms with van der Waals surface area (Å²) in [6, 6.07) is 18.2. The lowest BCUT2D eigenvalue weighted by Gasteiger charge is -2.29. The SMILES string of the molecule is CN1CCCC(n2nc(-c3ccc(Oc4ccccc4)cc3)c3cncnc32)C1. The van der Waals surface area contributed by atoms with E-state index in [1.54, 1.807) is 6.33 Å². The molecule has 5 rings (SSSR count). The highest BCUT2D eigenvalue weighted by Gasteiger charge is 2.24. The molecule has 1 aliphatic rings. The van der Waals surface area contributed by atoms with E-state index in [4.69, 9.17) is 9.84 Å². The highest BCUT2D eigenvalue weighted by molar-refractivity contribution is 5.90. The Morgan fingerprint density at radius 1 is 1.00 bits per heavy atom. The Bertz CT molecular complexity index is 1110. The van der Waals surface area contributed by atoms with E-state index in [2.05, 4.69) is 26.6 Å². The third-order valence-electron chi connectivity index (χ3n) is 5.42. The molecule has 1 aliphatic heterocycles. The average molecular weight is 385 g/mol. The molecule has 1 unspecified atom stereocenters. The van der Waals surface area contributed by atoms with Gasteiger partial charge in [-0.15, -0.1) is 0 Å². The van der Waals surface area contributed by atoms with Gasteiger partial charge in [0.15, 0.2) is 5.65 Å². The number of hydrogen-bond acceptors (Lipinski definition) is 5. The largest absolute Gasteiger partial charge is 0.457 e. The first-order valence-electron chi connectivity index (χ1n) is 9.98. The van der Waals surface area contributed by atoms with E-state index in [0.717, 1.165) is 53.3 Å². The summed E-state index contributed by atoms with van der Waals surface area (Å²) in [5, 5.41) is 5.96. The molecule has 29 heavy (non-hydrogen) atoms. The molecule has 2 aromatic carbocycles. The fourth-order valence-electron chi connectivity index (χ4n) is 3.99.